The second-order valence-corrected chi connectivity index (χ2v) is 8.17. The monoisotopic (exact) mass is 429 g/mol. The topological polar surface area (TPSA) is 38.8 Å². The lowest BCUT2D eigenvalue weighted by Gasteiger charge is -2.16. The van der Waals surface area contributed by atoms with Gasteiger partial charge in [-0.15, -0.1) is 0 Å². The summed E-state index contributed by atoms with van der Waals surface area (Å²) in [7, 11) is 1.60. The van der Waals surface area contributed by atoms with Crippen molar-refractivity contribution < 1.29 is 14.3 Å². The molecule has 1 aromatic rings. The first-order valence-electron chi connectivity index (χ1n) is 7.63. The van der Waals surface area contributed by atoms with Crippen LogP contribution in [0.1, 0.15) is 26.3 Å². The van der Waals surface area contributed by atoms with Crippen LogP contribution in [0.4, 0.5) is 0 Å². The fourth-order valence-electron chi connectivity index (χ4n) is 2.25. The first kappa shape index (κ1) is 19.3. The number of carbonyl (C=O) groups excluding carboxylic acids is 1. The minimum atomic E-state index is -0.0422. The highest BCUT2D eigenvalue weighted by molar-refractivity contribution is 9.10. The van der Waals surface area contributed by atoms with Crippen LogP contribution in [-0.4, -0.2) is 35.4 Å². The molecular formula is C17H20BrNO3S2. The average Bonchev–Trinajstić information content (AvgIpc) is 2.77. The number of carbonyl (C=O) groups is 1. The molecule has 0 unspecified atom stereocenters. The predicted octanol–water partition coefficient (Wildman–Crippen LogP) is 4.71. The highest BCUT2D eigenvalue weighted by Crippen LogP contribution is 2.38. The van der Waals surface area contributed by atoms with Crippen molar-refractivity contribution in [3.05, 3.63) is 27.1 Å². The molecule has 130 valence electrons. The van der Waals surface area contributed by atoms with Gasteiger partial charge < -0.3 is 9.47 Å². The van der Waals surface area contributed by atoms with Crippen molar-refractivity contribution in [1.29, 1.82) is 0 Å². The number of methoxy groups -OCH3 is 1. The van der Waals surface area contributed by atoms with Crippen molar-refractivity contribution in [2.75, 3.05) is 20.3 Å². The van der Waals surface area contributed by atoms with Gasteiger partial charge in [0.2, 0.25) is 0 Å². The zero-order valence-electron chi connectivity index (χ0n) is 14.1. The minimum absolute atomic E-state index is 0.0422. The van der Waals surface area contributed by atoms with Gasteiger partial charge in [0.15, 0.2) is 11.5 Å². The summed E-state index contributed by atoms with van der Waals surface area (Å²) in [6.07, 6.45) is 1.84. The molecule has 2 rings (SSSR count). The fraction of sp³-hybridized carbons (Fsp3) is 0.412. The molecule has 1 amide bonds. The van der Waals surface area contributed by atoms with E-state index in [1.54, 1.807) is 12.0 Å². The number of thiocarbonyl (C=S) groups is 1. The molecule has 0 bridgehead atoms. The van der Waals surface area contributed by atoms with E-state index >= 15 is 0 Å². The van der Waals surface area contributed by atoms with Crippen molar-refractivity contribution >= 4 is 56.2 Å². The van der Waals surface area contributed by atoms with Crippen LogP contribution >= 0.6 is 39.9 Å². The summed E-state index contributed by atoms with van der Waals surface area (Å²) in [5.74, 6) is 1.61. The van der Waals surface area contributed by atoms with Gasteiger partial charge in [-0.1, -0.05) is 53.8 Å². The Bertz CT molecular complexity index is 689. The van der Waals surface area contributed by atoms with E-state index in [-0.39, 0.29) is 5.91 Å². The van der Waals surface area contributed by atoms with Gasteiger partial charge >= 0.3 is 0 Å². The number of benzene rings is 1. The molecule has 4 nitrogen and oxygen atoms in total. The zero-order chi connectivity index (χ0) is 17.9. The van der Waals surface area contributed by atoms with E-state index in [9.17, 15) is 4.79 Å². The Labute approximate surface area is 160 Å². The van der Waals surface area contributed by atoms with E-state index in [0.717, 1.165) is 10.0 Å². The summed E-state index contributed by atoms with van der Waals surface area (Å²) in [6, 6.07) is 3.70. The quantitative estimate of drug-likeness (QED) is 0.483. The van der Waals surface area contributed by atoms with Gasteiger partial charge in [-0.3, -0.25) is 9.69 Å². The summed E-state index contributed by atoms with van der Waals surface area (Å²) in [4.78, 5) is 14.9. The standard InChI is InChI=1S/C17H20BrNO3S2/c1-5-22-14-6-11(12(18)8-13(14)21-4)7-15-16(20)19(9-10(2)3)17(23)24-15/h6-8,10H,5,9H2,1-4H3/b15-7-. The van der Waals surface area contributed by atoms with E-state index in [1.165, 1.54) is 11.8 Å². The number of halogens is 1. The maximum atomic E-state index is 12.6. The number of hydrogen-bond acceptors (Lipinski definition) is 5. The van der Waals surface area contributed by atoms with Crippen LogP contribution in [0.2, 0.25) is 0 Å². The van der Waals surface area contributed by atoms with E-state index in [4.69, 9.17) is 21.7 Å². The summed E-state index contributed by atoms with van der Waals surface area (Å²) in [6.45, 7) is 7.22. The van der Waals surface area contributed by atoms with E-state index in [2.05, 4.69) is 29.8 Å². The van der Waals surface area contributed by atoms with E-state index < -0.39 is 0 Å². The number of rotatable bonds is 6. The lowest BCUT2D eigenvalue weighted by atomic mass is 10.1. The second kappa shape index (κ2) is 8.36. The molecule has 1 aromatic carbocycles. The van der Waals surface area contributed by atoms with Gasteiger partial charge in [0.25, 0.3) is 5.91 Å². The van der Waals surface area contributed by atoms with Crippen LogP contribution in [0.25, 0.3) is 6.08 Å². The van der Waals surface area contributed by atoms with Gasteiger partial charge in [-0.05, 0) is 36.6 Å². The van der Waals surface area contributed by atoms with Gasteiger partial charge in [0.05, 0.1) is 18.6 Å². The number of amides is 1. The molecule has 0 aliphatic carbocycles. The molecule has 0 radical (unpaired) electrons. The zero-order valence-corrected chi connectivity index (χ0v) is 17.3. The van der Waals surface area contributed by atoms with Crippen molar-refractivity contribution in [2.45, 2.75) is 20.8 Å². The second-order valence-electron chi connectivity index (χ2n) is 5.64. The third kappa shape index (κ3) is 4.32. The predicted molar refractivity (Wildman–Crippen MR) is 107 cm³/mol. The molecule has 0 spiro atoms. The van der Waals surface area contributed by atoms with Gasteiger partial charge in [0, 0.05) is 11.0 Å². The van der Waals surface area contributed by atoms with Crippen LogP contribution in [0.3, 0.4) is 0 Å². The highest BCUT2D eigenvalue weighted by Gasteiger charge is 2.32. The Balaban J connectivity index is 2.36. The third-order valence-corrected chi connectivity index (χ3v) is 5.36. The lowest BCUT2D eigenvalue weighted by Crippen LogP contribution is -2.31. The van der Waals surface area contributed by atoms with Crippen LogP contribution in [-0.2, 0) is 4.79 Å². The molecule has 0 N–H and O–H groups in total. The van der Waals surface area contributed by atoms with Crippen LogP contribution in [0.15, 0.2) is 21.5 Å². The maximum Gasteiger partial charge on any atom is 0.266 e. The molecule has 24 heavy (non-hydrogen) atoms. The van der Waals surface area contributed by atoms with Crippen LogP contribution < -0.4 is 9.47 Å². The summed E-state index contributed by atoms with van der Waals surface area (Å²) in [5, 5.41) is 0. The first-order chi connectivity index (χ1) is 11.4. The average molecular weight is 430 g/mol. The molecule has 0 aromatic heterocycles. The highest BCUT2D eigenvalue weighted by atomic mass is 79.9. The SMILES string of the molecule is CCOc1cc(/C=C2\SC(=S)N(CC(C)C)C2=O)c(Br)cc1OC. The molecule has 1 heterocycles. The summed E-state index contributed by atoms with van der Waals surface area (Å²) >= 11 is 10.2. The Morgan fingerprint density at radius 1 is 1.38 bits per heavy atom. The van der Waals surface area contributed by atoms with Crippen molar-refractivity contribution in [3.63, 3.8) is 0 Å². The van der Waals surface area contributed by atoms with Gasteiger partial charge in [0.1, 0.15) is 4.32 Å². The Kier molecular flexibility index (Phi) is 6.71. The molecule has 1 aliphatic heterocycles. The number of nitrogens with zero attached hydrogens (tertiary/aromatic N) is 1. The van der Waals surface area contributed by atoms with Crippen LogP contribution in [0.5, 0.6) is 11.5 Å². The Hall–Kier alpha value is -1.05. The van der Waals surface area contributed by atoms with Gasteiger partial charge in [-0.25, -0.2) is 0 Å². The molecule has 0 atom stereocenters. The van der Waals surface area contributed by atoms with Crippen molar-refractivity contribution in [1.82, 2.24) is 4.90 Å². The van der Waals surface area contributed by atoms with Crippen molar-refractivity contribution in [2.24, 2.45) is 5.92 Å². The van der Waals surface area contributed by atoms with Crippen LogP contribution in [0, 0.1) is 5.92 Å². The first-order valence-corrected chi connectivity index (χ1v) is 9.64. The molecule has 7 heteroatoms. The number of hydrogen-bond donors (Lipinski definition) is 0. The Morgan fingerprint density at radius 3 is 2.67 bits per heavy atom. The number of ether oxygens (including phenoxy) is 2. The molecule has 0 saturated carbocycles. The third-order valence-electron chi connectivity index (χ3n) is 3.29. The fourth-order valence-corrected chi connectivity index (χ4v) is 3.96. The smallest absolute Gasteiger partial charge is 0.266 e. The Morgan fingerprint density at radius 2 is 2.08 bits per heavy atom. The molecule has 1 saturated heterocycles. The maximum absolute atomic E-state index is 12.6. The lowest BCUT2D eigenvalue weighted by molar-refractivity contribution is -0.122. The normalized spacial score (nSPS) is 16.4. The number of thioether (sulfide) groups is 1. The summed E-state index contributed by atoms with van der Waals surface area (Å²) < 4.78 is 12.4. The molecule has 1 fully saturated rings. The molecule has 1 aliphatic rings. The summed E-state index contributed by atoms with van der Waals surface area (Å²) in [5.41, 5.74) is 0.851. The van der Waals surface area contributed by atoms with Gasteiger partial charge in [-0.2, -0.15) is 0 Å². The molecular weight excluding hydrogens is 410 g/mol. The van der Waals surface area contributed by atoms with E-state index in [1.807, 2.05) is 25.1 Å². The largest absolute Gasteiger partial charge is 0.493 e. The minimum Gasteiger partial charge on any atom is -0.493 e. The van der Waals surface area contributed by atoms with Crippen molar-refractivity contribution in [3.8, 4) is 11.5 Å². The van der Waals surface area contributed by atoms with E-state index in [0.29, 0.717) is 39.8 Å².